The number of benzene rings is 1. The molecule has 1 aromatic carbocycles. The summed E-state index contributed by atoms with van der Waals surface area (Å²) in [5, 5.41) is 4.17. The number of aryl methyl sites for hydroxylation is 1. The molecule has 1 aromatic heterocycles. The van der Waals surface area contributed by atoms with Crippen LogP contribution >= 0.6 is 0 Å². The number of nitrogen functional groups attached to an aromatic ring is 1. The first kappa shape index (κ1) is 7.79. The van der Waals surface area contributed by atoms with E-state index in [0.29, 0.717) is 0 Å². The second-order valence-electron chi connectivity index (χ2n) is 2.83. The molecule has 4 nitrogen and oxygen atoms in total. The van der Waals surface area contributed by atoms with Gasteiger partial charge in [-0.3, -0.25) is 0 Å². The van der Waals surface area contributed by atoms with Crippen molar-refractivity contribution in [2.24, 2.45) is 0 Å². The minimum atomic E-state index is 0.727. The number of nitrogens with two attached hydrogens (primary N) is 1. The number of hydrogen-bond acceptors (Lipinski definition) is 3. The summed E-state index contributed by atoms with van der Waals surface area (Å²) in [6, 6.07) is 7.52. The van der Waals surface area contributed by atoms with E-state index < -0.39 is 0 Å². The van der Waals surface area contributed by atoms with Gasteiger partial charge < -0.3 is 5.73 Å². The van der Waals surface area contributed by atoms with Crippen molar-refractivity contribution in [3.8, 4) is 5.69 Å². The van der Waals surface area contributed by atoms with Gasteiger partial charge in [-0.15, -0.1) is 0 Å². The molecule has 0 aliphatic rings. The molecule has 2 aromatic rings. The summed E-state index contributed by atoms with van der Waals surface area (Å²) in [6.07, 6.45) is 1.67. The molecule has 0 aliphatic carbocycles. The highest BCUT2D eigenvalue weighted by molar-refractivity contribution is 5.46. The molecule has 66 valence electrons. The standard InChI is InChI=1S/C9H10N4/c1-7-11-6-13(12-7)9-4-2-3-8(10)5-9/h2-6H,10H2,1H3. The molecule has 13 heavy (non-hydrogen) atoms. The van der Waals surface area contributed by atoms with E-state index in [9.17, 15) is 0 Å². The number of rotatable bonds is 1. The first-order chi connectivity index (χ1) is 6.25. The Morgan fingerprint density at radius 3 is 2.85 bits per heavy atom. The van der Waals surface area contributed by atoms with Gasteiger partial charge in [-0.05, 0) is 25.1 Å². The number of aromatic nitrogens is 3. The summed E-state index contributed by atoms with van der Waals surface area (Å²) in [7, 11) is 0. The molecule has 0 bridgehead atoms. The smallest absolute Gasteiger partial charge is 0.147 e. The predicted molar refractivity (Wildman–Crippen MR) is 50.5 cm³/mol. The summed E-state index contributed by atoms with van der Waals surface area (Å²) in [6.45, 7) is 1.85. The Bertz CT molecular complexity index is 419. The van der Waals surface area contributed by atoms with Gasteiger partial charge in [0.25, 0.3) is 0 Å². The molecular weight excluding hydrogens is 164 g/mol. The van der Waals surface area contributed by atoms with Crippen molar-refractivity contribution < 1.29 is 0 Å². The zero-order valence-electron chi connectivity index (χ0n) is 7.31. The fourth-order valence-electron chi connectivity index (χ4n) is 1.14. The van der Waals surface area contributed by atoms with Crippen LogP contribution in [0.1, 0.15) is 5.82 Å². The maximum atomic E-state index is 5.64. The van der Waals surface area contributed by atoms with Crippen molar-refractivity contribution in [1.29, 1.82) is 0 Å². The van der Waals surface area contributed by atoms with Crippen molar-refractivity contribution in [2.75, 3.05) is 5.73 Å². The topological polar surface area (TPSA) is 56.7 Å². The quantitative estimate of drug-likeness (QED) is 0.660. The van der Waals surface area contributed by atoms with Crippen LogP contribution in [0, 0.1) is 6.92 Å². The van der Waals surface area contributed by atoms with Gasteiger partial charge in [0.1, 0.15) is 12.2 Å². The van der Waals surface area contributed by atoms with Crippen LogP contribution in [0.15, 0.2) is 30.6 Å². The van der Waals surface area contributed by atoms with E-state index in [4.69, 9.17) is 5.73 Å². The molecule has 0 amide bonds. The Kier molecular flexibility index (Phi) is 1.73. The monoisotopic (exact) mass is 174 g/mol. The zero-order chi connectivity index (χ0) is 9.26. The van der Waals surface area contributed by atoms with Gasteiger partial charge in [0, 0.05) is 5.69 Å². The van der Waals surface area contributed by atoms with Crippen molar-refractivity contribution >= 4 is 5.69 Å². The van der Waals surface area contributed by atoms with Gasteiger partial charge >= 0.3 is 0 Å². The fourth-order valence-corrected chi connectivity index (χ4v) is 1.14. The third-order valence-electron chi connectivity index (χ3n) is 1.74. The minimum Gasteiger partial charge on any atom is -0.399 e. The number of nitrogens with zero attached hydrogens (tertiary/aromatic N) is 3. The Morgan fingerprint density at radius 2 is 2.23 bits per heavy atom. The van der Waals surface area contributed by atoms with E-state index in [1.54, 1.807) is 11.0 Å². The highest BCUT2D eigenvalue weighted by Gasteiger charge is 1.98. The Balaban J connectivity index is 2.46. The lowest BCUT2D eigenvalue weighted by molar-refractivity contribution is 0.863. The lowest BCUT2D eigenvalue weighted by Crippen LogP contribution is -1.96. The van der Waals surface area contributed by atoms with E-state index in [1.807, 2.05) is 31.2 Å². The molecule has 0 spiro atoms. The third-order valence-corrected chi connectivity index (χ3v) is 1.74. The van der Waals surface area contributed by atoms with Gasteiger partial charge in [-0.1, -0.05) is 6.07 Å². The van der Waals surface area contributed by atoms with E-state index >= 15 is 0 Å². The zero-order valence-corrected chi connectivity index (χ0v) is 7.31. The maximum Gasteiger partial charge on any atom is 0.147 e. The molecule has 1 heterocycles. The average molecular weight is 174 g/mol. The predicted octanol–water partition coefficient (Wildman–Crippen LogP) is 1.16. The van der Waals surface area contributed by atoms with Crippen molar-refractivity contribution in [3.63, 3.8) is 0 Å². The molecule has 0 saturated heterocycles. The van der Waals surface area contributed by atoms with E-state index in [2.05, 4.69) is 10.1 Å². The number of hydrogen-bond donors (Lipinski definition) is 1. The average Bonchev–Trinajstić information content (AvgIpc) is 2.52. The summed E-state index contributed by atoms with van der Waals surface area (Å²) in [4.78, 5) is 4.03. The summed E-state index contributed by atoms with van der Waals surface area (Å²) in [5.74, 6) is 0.752. The third kappa shape index (κ3) is 1.51. The molecular formula is C9H10N4. The lowest BCUT2D eigenvalue weighted by Gasteiger charge is -2.00. The first-order valence-corrected chi connectivity index (χ1v) is 4.00. The number of anilines is 1. The highest BCUT2D eigenvalue weighted by atomic mass is 15.3. The molecule has 2 rings (SSSR count). The van der Waals surface area contributed by atoms with Crippen LogP contribution in [-0.4, -0.2) is 14.8 Å². The maximum absolute atomic E-state index is 5.64. The second kappa shape index (κ2) is 2.90. The van der Waals surface area contributed by atoms with Gasteiger partial charge in [0.15, 0.2) is 0 Å². The SMILES string of the molecule is Cc1ncn(-c2cccc(N)c2)n1. The molecule has 0 saturated carbocycles. The molecule has 0 aliphatic heterocycles. The first-order valence-electron chi connectivity index (χ1n) is 4.00. The van der Waals surface area contributed by atoms with Crippen LogP contribution in [0.4, 0.5) is 5.69 Å². The van der Waals surface area contributed by atoms with E-state index in [0.717, 1.165) is 17.2 Å². The van der Waals surface area contributed by atoms with Gasteiger partial charge in [0.05, 0.1) is 5.69 Å². The fraction of sp³-hybridized carbons (Fsp3) is 0.111. The van der Waals surface area contributed by atoms with Gasteiger partial charge in [-0.25, -0.2) is 9.67 Å². The molecule has 0 atom stereocenters. The van der Waals surface area contributed by atoms with Crippen molar-refractivity contribution in [2.45, 2.75) is 6.92 Å². The van der Waals surface area contributed by atoms with E-state index in [-0.39, 0.29) is 0 Å². The summed E-state index contributed by atoms with van der Waals surface area (Å²) in [5.41, 5.74) is 7.30. The molecule has 0 radical (unpaired) electrons. The van der Waals surface area contributed by atoms with Gasteiger partial charge in [0.2, 0.25) is 0 Å². The molecule has 0 fully saturated rings. The minimum absolute atomic E-state index is 0.727. The molecule has 4 heteroatoms. The lowest BCUT2D eigenvalue weighted by atomic mass is 10.3. The Morgan fingerprint density at radius 1 is 1.38 bits per heavy atom. The van der Waals surface area contributed by atoms with Crippen LogP contribution in [0.3, 0.4) is 0 Å². The summed E-state index contributed by atoms with van der Waals surface area (Å²) < 4.78 is 1.70. The highest BCUT2D eigenvalue weighted by Crippen LogP contribution is 2.10. The van der Waals surface area contributed by atoms with Crippen molar-refractivity contribution in [3.05, 3.63) is 36.4 Å². The summed E-state index contributed by atoms with van der Waals surface area (Å²) >= 11 is 0. The molecule has 2 N–H and O–H groups in total. The van der Waals surface area contributed by atoms with Crippen LogP contribution in [0.25, 0.3) is 5.69 Å². The van der Waals surface area contributed by atoms with Crippen LogP contribution < -0.4 is 5.73 Å². The normalized spacial score (nSPS) is 10.2. The largest absolute Gasteiger partial charge is 0.399 e. The van der Waals surface area contributed by atoms with Gasteiger partial charge in [-0.2, -0.15) is 5.10 Å². The second-order valence-corrected chi connectivity index (χ2v) is 2.83. The van der Waals surface area contributed by atoms with Crippen LogP contribution in [-0.2, 0) is 0 Å². The Labute approximate surface area is 76.0 Å². The van der Waals surface area contributed by atoms with Crippen LogP contribution in [0.5, 0.6) is 0 Å². The Hall–Kier alpha value is -1.84. The van der Waals surface area contributed by atoms with Crippen LogP contribution in [0.2, 0.25) is 0 Å². The van der Waals surface area contributed by atoms with E-state index in [1.165, 1.54) is 0 Å². The van der Waals surface area contributed by atoms with Crippen molar-refractivity contribution in [1.82, 2.24) is 14.8 Å². The molecule has 0 unspecified atom stereocenters.